The molecule has 19 heavy (non-hydrogen) atoms. The van der Waals surface area contributed by atoms with Crippen LogP contribution in [0.2, 0.25) is 0 Å². The average molecular weight is 258 g/mol. The number of amides is 2. The largest absolute Gasteiger partial charge is 0.469 e. The number of aryl methyl sites for hydroxylation is 1. The fourth-order valence-electron chi connectivity index (χ4n) is 1.80. The van der Waals surface area contributed by atoms with Crippen molar-refractivity contribution in [1.82, 2.24) is 5.32 Å². The third-order valence-corrected chi connectivity index (χ3v) is 2.81. The monoisotopic (exact) mass is 258 g/mol. The third kappa shape index (κ3) is 4.50. The van der Waals surface area contributed by atoms with Gasteiger partial charge in [-0.1, -0.05) is 18.2 Å². The summed E-state index contributed by atoms with van der Waals surface area (Å²) in [6.07, 6.45) is 3.32. The van der Waals surface area contributed by atoms with E-state index in [2.05, 4.69) is 10.6 Å². The first-order valence-corrected chi connectivity index (χ1v) is 6.39. The van der Waals surface area contributed by atoms with Crippen LogP contribution in [0.25, 0.3) is 0 Å². The van der Waals surface area contributed by atoms with E-state index in [1.165, 1.54) is 0 Å². The molecular formula is C15H18N2O2. The second-order valence-corrected chi connectivity index (χ2v) is 4.48. The Labute approximate surface area is 112 Å². The van der Waals surface area contributed by atoms with E-state index >= 15 is 0 Å². The quantitative estimate of drug-likeness (QED) is 0.863. The van der Waals surface area contributed by atoms with E-state index in [-0.39, 0.29) is 12.1 Å². The number of anilines is 1. The topological polar surface area (TPSA) is 54.3 Å². The number of para-hydroxylation sites is 1. The van der Waals surface area contributed by atoms with Crippen molar-refractivity contribution in [3.8, 4) is 0 Å². The van der Waals surface area contributed by atoms with Gasteiger partial charge in [-0.2, -0.15) is 0 Å². The van der Waals surface area contributed by atoms with Gasteiger partial charge >= 0.3 is 6.03 Å². The highest BCUT2D eigenvalue weighted by molar-refractivity contribution is 5.89. The van der Waals surface area contributed by atoms with Crippen LogP contribution < -0.4 is 10.6 Å². The fraction of sp³-hybridized carbons (Fsp3) is 0.267. The van der Waals surface area contributed by atoms with Crippen molar-refractivity contribution in [2.24, 2.45) is 0 Å². The summed E-state index contributed by atoms with van der Waals surface area (Å²) in [6.45, 7) is 1.98. The standard InChI is InChI=1S/C15H18N2O2/c1-12(9-10-14-8-5-11-19-14)16-15(18)17-13-6-3-2-4-7-13/h2-8,11-12H,9-10H2,1H3,(H2,16,17,18)/t12-/m1/s1. The number of carbonyl (C=O) groups excluding carboxylic acids is 1. The Hall–Kier alpha value is -2.23. The first-order valence-electron chi connectivity index (χ1n) is 6.39. The van der Waals surface area contributed by atoms with Crippen molar-refractivity contribution >= 4 is 11.7 Å². The molecular weight excluding hydrogens is 240 g/mol. The van der Waals surface area contributed by atoms with Gasteiger partial charge in [-0.3, -0.25) is 0 Å². The molecule has 100 valence electrons. The molecule has 0 saturated carbocycles. The molecule has 2 N–H and O–H groups in total. The number of hydrogen-bond acceptors (Lipinski definition) is 2. The molecule has 4 heteroatoms. The van der Waals surface area contributed by atoms with Gasteiger partial charge in [0.25, 0.3) is 0 Å². The molecule has 0 spiro atoms. The lowest BCUT2D eigenvalue weighted by atomic mass is 10.1. The van der Waals surface area contributed by atoms with Crippen LogP contribution >= 0.6 is 0 Å². The number of hydrogen-bond donors (Lipinski definition) is 2. The maximum absolute atomic E-state index is 11.7. The number of furan rings is 1. The van der Waals surface area contributed by atoms with Crippen molar-refractivity contribution in [3.63, 3.8) is 0 Å². The molecule has 0 aliphatic heterocycles. The molecule has 1 heterocycles. The molecule has 0 saturated heterocycles. The number of urea groups is 1. The highest BCUT2D eigenvalue weighted by Crippen LogP contribution is 2.07. The van der Waals surface area contributed by atoms with E-state index in [1.54, 1.807) is 6.26 Å². The molecule has 0 fully saturated rings. The zero-order chi connectivity index (χ0) is 13.5. The second kappa shape index (κ2) is 6.64. The zero-order valence-electron chi connectivity index (χ0n) is 10.9. The number of benzene rings is 1. The SMILES string of the molecule is C[C@H](CCc1ccco1)NC(=O)Nc1ccccc1. The Morgan fingerprint density at radius 3 is 2.68 bits per heavy atom. The van der Waals surface area contributed by atoms with Gasteiger partial charge in [0.05, 0.1) is 6.26 Å². The van der Waals surface area contributed by atoms with Crippen molar-refractivity contribution in [3.05, 3.63) is 54.5 Å². The van der Waals surface area contributed by atoms with Crippen molar-refractivity contribution in [2.45, 2.75) is 25.8 Å². The molecule has 0 unspecified atom stereocenters. The fourth-order valence-corrected chi connectivity index (χ4v) is 1.80. The summed E-state index contributed by atoms with van der Waals surface area (Å²) in [7, 11) is 0. The molecule has 0 aliphatic rings. The Morgan fingerprint density at radius 1 is 1.21 bits per heavy atom. The van der Waals surface area contributed by atoms with Gasteiger partial charge in [-0.25, -0.2) is 4.79 Å². The summed E-state index contributed by atoms with van der Waals surface area (Å²) in [5.74, 6) is 0.942. The van der Waals surface area contributed by atoms with Crippen molar-refractivity contribution < 1.29 is 9.21 Å². The van der Waals surface area contributed by atoms with Gasteiger partial charge in [0, 0.05) is 18.2 Å². The maximum Gasteiger partial charge on any atom is 0.319 e. The Kier molecular flexibility index (Phi) is 4.61. The minimum absolute atomic E-state index is 0.0915. The predicted molar refractivity (Wildman–Crippen MR) is 75.1 cm³/mol. The summed E-state index contributed by atoms with van der Waals surface area (Å²) >= 11 is 0. The summed E-state index contributed by atoms with van der Waals surface area (Å²) < 4.78 is 5.26. The van der Waals surface area contributed by atoms with Crippen LogP contribution in [-0.2, 0) is 6.42 Å². The van der Waals surface area contributed by atoms with Gasteiger partial charge in [0.15, 0.2) is 0 Å². The minimum atomic E-state index is -0.182. The first kappa shape index (κ1) is 13.2. The number of carbonyl (C=O) groups is 1. The van der Waals surface area contributed by atoms with E-state index in [0.717, 1.165) is 24.3 Å². The molecule has 2 rings (SSSR count). The van der Waals surface area contributed by atoms with Crippen LogP contribution in [0.3, 0.4) is 0 Å². The summed E-state index contributed by atoms with van der Waals surface area (Å²) in [6, 6.07) is 13.1. The Morgan fingerprint density at radius 2 is 2.00 bits per heavy atom. The Bertz CT molecular complexity index is 494. The van der Waals surface area contributed by atoms with Crippen LogP contribution in [0, 0.1) is 0 Å². The molecule has 0 bridgehead atoms. The van der Waals surface area contributed by atoms with Gasteiger partial charge in [-0.05, 0) is 37.6 Å². The molecule has 1 aromatic heterocycles. The smallest absolute Gasteiger partial charge is 0.319 e. The predicted octanol–water partition coefficient (Wildman–Crippen LogP) is 3.42. The highest BCUT2D eigenvalue weighted by Gasteiger charge is 2.08. The van der Waals surface area contributed by atoms with E-state index in [0.29, 0.717) is 0 Å². The lowest BCUT2D eigenvalue weighted by molar-refractivity contribution is 0.248. The molecule has 1 aromatic carbocycles. The summed E-state index contributed by atoms with van der Waals surface area (Å²) in [4.78, 5) is 11.7. The van der Waals surface area contributed by atoms with E-state index < -0.39 is 0 Å². The Balaban J connectivity index is 1.72. The lowest BCUT2D eigenvalue weighted by Gasteiger charge is -2.14. The molecule has 4 nitrogen and oxygen atoms in total. The van der Waals surface area contributed by atoms with E-state index in [9.17, 15) is 4.79 Å². The van der Waals surface area contributed by atoms with Crippen LogP contribution in [0.5, 0.6) is 0 Å². The minimum Gasteiger partial charge on any atom is -0.469 e. The van der Waals surface area contributed by atoms with Crippen LogP contribution in [-0.4, -0.2) is 12.1 Å². The molecule has 2 aromatic rings. The number of rotatable bonds is 5. The molecule has 2 amide bonds. The summed E-state index contributed by atoms with van der Waals surface area (Å²) in [5, 5.41) is 5.69. The van der Waals surface area contributed by atoms with Gasteiger partial charge < -0.3 is 15.1 Å². The lowest BCUT2D eigenvalue weighted by Crippen LogP contribution is -2.36. The normalized spacial score (nSPS) is 11.8. The van der Waals surface area contributed by atoms with Crippen LogP contribution in [0.15, 0.2) is 53.1 Å². The first-order chi connectivity index (χ1) is 9.24. The second-order valence-electron chi connectivity index (χ2n) is 4.48. The zero-order valence-corrected chi connectivity index (χ0v) is 10.9. The van der Waals surface area contributed by atoms with Gasteiger partial charge in [-0.15, -0.1) is 0 Å². The van der Waals surface area contributed by atoms with Crippen LogP contribution in [0.4, 0.5) is 10.5 Å². The van der Waals surface area contributed by atoms with Crippen molar-refractivity contribution in [1.29, 1.82) is 0 Å². The molecule has 0 radical (unpaired) electrons. The maximum atomic E-state index is 11.7. The van der Waals surface area contributed by atoms with E-state index in [1.807, 2.05) is 49.4 Å². The molecule has 0 aliphatic carbocycles. The third-order valence-electron chi connectivity index (χ3n) is 2.81. The average Bonchev–Trinajstić information content (AvgIpc) is 2.90. The molecule has 1 atom stereocenters. The summed E-state index contributed by atoms with van der Waals surface area (Å²) in [5.41, 5.74) is 0.790. The van der Waals surface area contributed by atoms with Gasteiger partial charge in [0.1, 0.15) is 5.76 Å². The highest BCUT2D eigenvalue weighted by atomic mass is 16.3. The van der Waals surface area contributed by atoms with Crippen molar-refractivity contribution in [2.75, 3.05) is 5.32 Å². The van der Waals surface area contributed by atoms with Crippen LogP contribution in [0.1, 0.15) is 19.1 Å². The van der Waals surface area contributed by atoms with E-state index in [4.69, 9.17) is 4.42 Å². The number of nitrogens with one attached hydrogen (secondary N) is 2. The van der Waals surface area contributed by atoms with Gasteiger partial charge in [0.2, 0.25) is 0 Å².